The molecule has 2 heteroatoms. The molecule has 92 valence electrons. The fraction of sp³-hybridized carbons (Fsp3) is 0.857. The Balaban J connectivity index is 2.24. The quantitative estimate of drug-likeness (QED) is 0.578. The molecule has 1 aliphatic heterocycles. The third-order valence-corrected chi connectivity index (χ3v) is 4.82. The number of rotatable bonds is 2. The number of hydrogen-bond donors (Lipinski definition) is 1. The number of aliphatic hydroxyl groups excluding tert-OH is 1. The van der Waals surface area contributed by atoms with Crippen molar-refractivity contribution in [2.45, 2.75) is 58.8 Å². The van der Waals surface area contributed by atoms with Crippen LogP contribution in [0.4, 0.5) is 0 Å². The normalized spacial score (nSPS) is 47.8. The van der Waals surface area contributed by atoms with E-state index >= 15 is 0 Å². The van der Waals surface area contributed by atoms with E-state index in [9.17, 15) is 5.11 Å². The van der Waals surface area contributed by atoms with E-state index in [-0.39, 0.29) is 17.1 Å². The summed E-state index contributed by atoms with van der Waals surface area (Å²) in [6.45, 7) is 11.0. The second-order valence-corrected chi connectivity index (χ2v) is 6.35. The largest absolute Gasteiger partial charge is 0.389 e. The van der Waals surface area contributed by atoms with E-state index in [1.807, 2.05) is 6.08 Å². The van der Waals surface area contributed by atoms with Crippen molar-refractivity contribution >= 4 is 0 Å². The van der Waals surface area contributed by atoms with Crippen LogP contribution in [0.2, 0.25) is 0 Å². The lowest BCUT2D eigenvalue weighted by Crippen LogP contribution is -2.44. The second-order valence-electron chi connectivity index (χ2n) is 6.35. The van der Waals surface area contributed by atoms with E-state index in [0.29, 0.717) is 17.9 Å². The lowest BCUT2D eigenvalue weighted by molar-refractivity contribution is 0.0813. The Morgan fingerprint density at radius 2 is 2.00 bits per heavy atom. The van der Waals surface area contributed by atoms with E-state index < -0.39 is 0 Å². The molecule has 0 unspecified atom stereocenters. The molecule has 1 aliphatic carbocycles. The van der Waals surface area contributed by atoms with Gasteiger partial charge in [-0.15, -0.1) is 0 Å². The van der Waals surface area contributed by atoms with Gasteiger partial charge in [-0.1, -0.05) is 32.9 Å². The molecule has 2 rings (SSSR count). The second kappa shape index (κ2) is 3.58. The SMILES string of the molecule is C[C@@H](O)C=C[C@@H]1C(C)(C)[C@@H](C)C[C@@H]2O[C@@]21C. The topological polar surface area (TPSA) is 32.8 Å². The Kier molecular flexibility index (Phi) is 2.71. The van der Waals surface area contributed by atoms with E-state index in [2.05, 4.69) is 33.8 Å². The van der Waals surface area contributed by atoms with Crippen LogP contribution in [0.15, 0.2) is 12.2 Å². The third kappa shape index (κ3) is 1.72. The summed E-state index contributed by atoms with van der Waals surface area (Å²) in [6.07, 6.45) is 5.30. The van der Waals surface area contributed by atoms with Gasteiger partial charge in [0.15, 0.2) is 0 Å². The summed E-state index contributed by atoms with van der Waals surface area (Å²) in [4.78, 5) is 0. The minimum atomic E-state index is -0.367. The number of hydrogen-bond acceptors (Lipinski definition) is 2. The average Bonchev–Trinajstić information content (AvgIpc) is 2.75. The maximum atomic E-state index is 9.38. The fourth-order valence-electron chi connectivity index (χ4n) is 3.21. The molecule has 0 aromatic rings. The molecule has 1 saturated carbocycles. The van der Waals surface area contributed by atoms with Gasteiger partial charge in [-0.05, 0) is 31.6 Å². The number of epoxide rings is 1. The molecule has 0 bridgehead atoms. The molecule has 16 heavy (non-hydrogen) atoms. The van der Waals surface area contributed by atoms with Crippen molar-refractivity contribution in [3.05, 3.63) is 12.2 Å². The summed E-state index contributed by atoms with van der Waals surface area (Å²) in [6, 6.07) is 0. The van der Waals surface area contributed by atoms with Gasteiger partial charge in [-0.3, -0.25) is 0 Å². The van der Waals surface area contributed by atoms with E-state index in [0.717, 1.165) is 0 Å². The highest BCUT2D eigenvalue weighted by Crippen LogP contribution is 2.60. The predicted octanol–water partition coefficient (Wildman–Crippen LogP) is 2.76. The molecule has 1 N–H and O–H groups in total. The lowest BCUT2D eigenvalue weighted by Gasteiger charge is -2.43. The van der Waals surface area contributed by atoms with Gasteiger partial charge >= 0.3 is 0 Å². The van der Waals surface area contributed by atoms with Gasteiger partial charge in [0.25, 0.3) is 0 Å². The molecule has 2 aliphatic rings. The lowest BCUT2D eigenvalue weighted by atomic mass is 9.59. The first-order chi connectivity index (χ1) is 7.28. The van der Waals surface area contributed by atoms with Gasteiger partial charge in [0.1, 0.15) is 0 Å². The summed E-state index contributed by atoms with van der Waals surface area (Å²) in [5.74, 6) is 1.07. The molecule has 1 heterocycles. The standard InChI is InChI=1S/C14H24O2/c1-9-8-12-14(5,16-12)11(13(9,3)4)7-6-10(2)15/h6-7,9-12,15H,8H2,1-5H3/t9-,10+,11+,12-,14+/m0/s1. The molecule has 5 atom stereocenters. The van der Waals surface area contributed by atoms with Crippen LogP contribution < -0.4 is 0 Å². The van der Waals surface area contributed by atoms with E-state index in [1.165, 1.54) is 6.42 Å². The highest BCUT2D eigenvalue weighted by Gasteiger charge is 2.65. The zero-order chi connectivity index (χ0) is 12.1. The summed E-state index contributed by atoms with van der Waals surface area (Å²) < 4.78 is 5.88. The monoisotopic (exact) mass is 224 g/mol. The first-order valence-electron chi connectivity index (χ1n) is 6.32. The van der Waals surface area contributed by atoms with Crippen LogP contribution in [0, 0.1) is 17.3 Å². The first-order valence-corrected chi connectivity index (χ1v) is 6.32. The van der Waals surface area contributed by atoms with Crippen LogP contribution in [0.3, 0.4) is 0 Å². The molecule has 1 saturated heterocycles. The van der Waals surface area contributed by atoms with Crippen molar-refractivity contribution in [3.8, 4) is 0 Å². The van der Waals surface area contributed by atoms with E-state index in [4.69, 9.17) is 4.74 Å². The highest BCUT2D eigenvalue weighted by molar-refractivity contribution is 5.19. The van der Waals surface area contributed by atoms with Gasteiger partial charge in [-0.2, -0.15) is 0 Å². The molecule has 2 nitrogen and oxygen atoms in total. The summed E-state index contributed by atoms with van der Waals surface area (Å²) in [5.41, 5.74) is 0.258. The zero-order valence-electron chi connectivity index (χ0n) is 11.0. The fourth-order valence-corrected chi connectivity index (χ4v) is 3.21. The van der Waals surface area contributed by atoms with Crippen LogP contribution in [-0.4, -0.2) is 22.9 Å². The molecule has 0 aromatic carbocycles. The summed E-state index contributed by atoms with van der Waals surface area (Å²) in [7, 11) is 0. The van der Waals surface area contributed by atoms with Gasteiger partial charge < -0.3 is 9.84 Å². The first kappa shape index (κ1) is 12.1. The van der Waals surface area contributed by atoms with Crippen LogP contribution >= 0.6 is 0 Å². The Morgan fingerprint density at radius 1 is 1.38 bits per heavy atom. The van der Waals surface area contributed by atoms with E-state index in [1.54, 1.807) is 6.92 Å². The summed E-state index contributed by atoms with van der Waals surface area (Å²) in [5, 5.41) is 9.38. The molecule has 0 radical (unpaired) electrons. The summed E-state index contributed by atoms with van der Waals surface area (Å²) >= 11 is 0. The van der Waals surface area contributed by atoms with Gasteiger partial charge in [0.05, 0.1) is 17.8 Å². The minimum absolute atomic E-state index is 0.0153. The Labute approximate surface area is 98.7 Å². The molecular weight excluding hydrogens is 200 g/mol. The van der Waals surface area contributed by atoms with Crippen LogP contribution in [0.25, 0.3) is 0 Å². The minimum Gasteiger partial charge on any atom is -0.389 e. The number of fused-ring (bicyclic) bond motifs is 1. The molecule has 0 amide bonds. The Morgan fingerprint density at radius 3 is 2.56 bits per heavy atom. The zero-order valence-corrected chi connectivity index (χ0v) is 11.0. The van der Waals surface area contributed by atoms with Gasteiger partial charge in [0.2, 0.25) is 0 Å². The molecule has 0 spiro atoms. The smallest absolute Gasteiger partial charge is 0.0987 e. The maximum Gasteiger partial charge on any atom is 0.0987 e. The van der Waals surface area contributed by atoms with Crippen LogP contribution in [0.1, 0.15) is 41.0 Å². The van der Waals surface area contributed by atoms with Crippen molar-refractivity contribution in [2.24, 2.45) is 17.3 Å². The third-order valence-electron chi connectivity index (χ3n) is 4.82. The predicted molar refractivity (Wildman–Crippen MR) is 65.2 cm³/mol. The van der Waals surface area contributed by atoms with Crippen LogP contribution in [0.5, 0.6) is 0 Å². The van der Waals surface area contributed by atoms with Crippen molar-refractivity contribution in [1.82, 2.24) is 0 Å². The number of aliphatic hydroxyl groups is 1. The Hall–Kier alpha value is -0.340. The van der Waals surface area contributed by atoms with Gasteiger partial charge in [0, 0.05) is 5.92 Å². The maximum absolute atomic E-state index is 9.38. The molecular formula is C14H24O2. The van der Waals surface area contributed by atoms with Crippen molar-refractivity contribution in [1.29, 1.82) is 0 Å². The van der Waals surface area contributed by atoms with Crippen molar-refractivity contribution in [3.63, 3.8) is 0 Å². The Bertz CT molecular complexity index is 306. The highest BCUT2D eigenvalue weighted by atomic mass is 16.6. The van der Waals surface area contributed by atoms with Crippen LogP contribution in [-0.2, 0) is 4.74 Å². The van der Waals surface area contributed by atoms with Crippen molar-refractivity contribution in [2.75, 3.05) is 0 Å². The van der Waals surface area contributed by atoms with Crippen molar-refractivity contribution < 1.29 is 9.84 Å². The molecule has 2 fully saturated rings. The number of ether oxygens (including phenoxy) is 1. The molecule has 0 aromatic heterocycles. The average molecular weight is 224 g/mol. The van der Waals surface area contributed by atoms with Gasteiger partial charge in [-0.25, -0.2) is 0 Å².